The fraction of sp³-hybridized carbons (Fsp3) is 0.767. The third kappa shape index (κ3) is 8.22. The van der Waals surface area contributed by atoms with Crippen LogP contribution in [0.5, 0.6) is 0 Å². The number of amides is 1. The highest BCUT2D eigenvalue weighted by Gasteiger charge is 2.51. The van der Waals surface area contributed by atoms with Crippen molar-refractivity contribution in [2.75, 3.05) is 27.2 Å². The van der Waals surface area contributed by atoms with Crippen LogP contribution in [0.15, 0.2) is 35.2 Å². The Bertz CT molecular complexity index is 798. The number of hydrogen-bond donors (Lipinski definition) is 2. The predicted octanol–water partition coefficient (Wildman–Crippen LogP) is 7.87. The van der Waals surface area contributed by atoms with Gasteiger partial charge in [0.2, 0.25) is 0 Å². The lowest BCUT2D eigenvalue weighted by Crippen LogP contribution is -2.45. The molecule has 0 atom stereocenters. The Morgan fingerprint density at radius 1 is 1.11 bits per heavy atom. The molecule has 1 N–H and O–H groups in total. The number of nitrogens with zero attached hydrogens (tertiary/aromatic N) is 2. The first-order valence-corrected chi connectivity index (χ1v) is 14.5. The third-order valence-electron chi connectivity index (χ3n) is 8.20. The van der Waals surface area contributed by atoms with Gasteiger partial charge < -0.3 is 19.3 Å². The molecular formula is C30H53N3O2S. The van der Waals surface area contributed by atoms with Gasteiger partial charge in [-0.25, -0.2) is 4.79 Å². The van der Waals surface area contributed by atoms with E-state index in [0.717, 1.165) is 13.0 Å². The van der Waals surface area contributed by atoms with Crippen LogP contribution < -0.4 is 5.32 Å². The van der Waals surface area contributed by atoms with Crippen LogP contribution in [0.25, 0.3) is 0 Å². The Kier molecular flexibility index (Phi) is 11.3. The third-order valence-corrected chi connectivity index (χ3v) is 8.31. The topological polar surface area (TPSA) is 44.8 Å². The molecule has 0 aromatic carbocycles. The summed E-state index contributed by atoms with van der Waals surface area (Å²) in [6, 6.07) is 0. The van der Waals surface area contributed by atoms with Gasteiger partial charge in [0.1, 0.15) is 5.60 Å². The van der Waals surface area contributed by atoms with E-state index >= 15 is 0 Å². The Hall–Kier alpha value is -1.56. The molecule has 4 rings (SSSR count). The van der Waals surface area contributed by atoms with Crippen LogP contribution in [0.3, 0.4) is 0 Å². The minimum Gasteiger partial charge on any atom is -0.444 e. The minimum absolute atomic E-state index is 0.211. The lowest BCUT2D eigenvalue weighted by atomic mass is 9.50. The van der Waals surface area contributed by atoms with E-state index in [1.165, 1.54) is 63.5 Å². The van der Waals surface area contributed by atoms with Crippen molar-refractivity contribution in [1.29, 1.82) is 0 Å². The molecule has 206 valence electrons. The van der Waals surface area contributed by atoms with E-state index < -0.39 is 5.60 Å². The number of carbonyl (C=O) groups excluding carboxylic acids is 1. The minimum atomic E-state index is -0.391. The molecule has 3 saturated carbocycles. The molecule has 0 heterocycles. The summed E-state index contributed by atoms with van der Waals surface area (Å²) >= 11 is 4.42. The van der Waals surface area contributed by atoms with Crippen LogP contribution in [-0.4, -0.2) is 48.1 Å². The first-order chi connectivity index (χ1) is 16.9. The maximum Gasteiger partial charge on any atom is 0.410 e. The summed E-state index contributed by atoms with van der Waals surface area (Å²) in [7, 11) is 4.06. The summed E-state index contributed by atoms with van der Waals surface area (Å²) in [5.41, 5.74) is 5.17. The number of nitrogens with one attached hydrogen (secondary N) is 1. The molecule has 0 saturated heterocycles. The zero-order valence-electron chi connectivity index (χ0n) is 24.4. The number of rotatable bonds is 7. The van der Waals surface area contributed by atoms with Crippen molar-refractivity contribution in [1.82, 2.24) is 14.5 Å². The van der Waals surface area contributed by atoms with Crippen LogP contribution in [0.2, 0.25) is 0 Å². The van der Waals surface area contributed by atoms with Crippen molar-refractivity contribution in [3.63, 3.8) is 0 Å². The van der Waals surface area contributed by atoms with Gasteiger partial charge in [0, 0.05) is 44.5 Å². The quantitative estimate of drug-likeness (QED) is 0.336. The normalized spacial score (nSPS) is 26.1. The molecule has 1 amide bonds. The highest BCUT2D eigenvalue weighted by atomic mass is 32.1. The number of carbonyl (C=O) groups is 1. The number of ether oxygens (including phenoxy) is 1. The molecule has 2 bridgehead atoms. The highest BCUT2D eigenvalue weighted by molar-refractivity contribution is 7.77. The lowest BCUT2D eigenvalue weighted by molar-refractivity contribution is 0.0260. The summed E-state index contributed by atoms with van der Waals surface area (Å²) in [6.45, 7) is 13.4. The molecule has 4 aliphatic rings. The van der Waals surface area contributed by atoms with E-state index in [9.17, 15) is 4.79 Å². The van der Waals surface area contributed by atoms with Gasteiger partial charge in [0.25, 0.3) is 0 Å². The van der Waals surface area contributed by atoms with Crippen LogP contribution in [0.4, 0.5) is 4.79 Å². The van der Waals surface area contributed by atoms with Crippen LogP contribution >= 0.6 is 12.8 Å². The Labute approximate surface area is 227 Å². The van der Waals surface area contributed by atoms with Gasteiger partial charge >= 0.3 is 6.09 Å². The van der Waals surface area contributed by atoms with E-state index in [0.29, 0.717) is 17.4 Å². The molecule has 3 fully saturated rings. The Morgan fingerprint density at radius 3 is 2.19 bits per heavy atom. The maximum absolute atomic E-state index is 11.5. The zero-order chi connectivity index (χ0) is 27.0. The van der Waals surface area contributed by atoms with Gasteiger partial charge in [-0.3, -0.25) is 0 Å². The molecule has 5 nitrogen and oxygen atoms in total. The van der Waals surface area contributed by atoms with Crippen molar-refractivity contribution in [2.45, 2.75) is 111 Å². The smallest absolute Gasteiger partial charge is 0.410 e. The summed E-state index contributed by atoms with van der Waals surface area (Å²) in [5, 5.41) is 3.47. The fourth-order valence-electron chi connectivity index (χ4n) is 6.11. The summed E-state index contributed by atoms with van der Waals surface area (Å²) in [4.78, 5) is 13.2. The van der Waals surface area contributed by atoms with Gasteiger partial charge in [-0.15, -0.1) is 0 Å². The Balaban J connectivity index is 0.000000302. The standard InChI is InChI=1S/C20H32N2S.C10H21NO2/c1-16-5-4-6-17(8-7-16)19-9-12-20(13-10-19,14-11-19)18(21-2)15-22(3)23;1-6-8-11(7-2)9(12)13-10(3,4)5/h7-8,15,21,23H,4-6,9-14H2,1-3H3;6-8H2,1-5H3/b18-15-;. The summed E-state index contributed by atoms with van der Waals surface area (Å²) < 4.78 is 7.12. The van der Waals surface area contributed by atoms with Crippen molar-refractivity contribution >= 4 is 18.9 Å². The molecular weight excluding hydrogens is 466 g/mol. The highest BCUT2D eigenvalue weighted by Crippen LogP contribution is 2.62. The number of fused-ring (bicyclic) bond motifs is 3. The summed E-state index contributed by atoms with van der Waals surface area (Å²) in [6.07, 6.45) is 19.8. The van der Waals surface area contributed by atoms with Crippen LogP contribution in [-0.2, 0) is 4.74 Å². The summed E-state index contributed by atoms with van der Waals surface area (Å²) in [5.74, 6) is 0. The molecule has 0 radical (unpaired) electrons. The fourth-order valence-corrected chi connectivity index (χ4v) is 6.22. The largest absolute Gasteiger partial charge is 0.444 e. The molecule has 0 unspecified atom stereocenters. The van der Waals surface area contributed by atoms with Gasteiger partial charge in [-0.1, -0.05) is 43.0 Å². The van der Waals surface area contributed by atoms with Crippen molar-refractivity contribution in [2.24, 2.45) is 10.8 Å². The molecule has 0 aromatic rings. The van der Waals surface area contributed by atoms with E-state index in [1.54, 1.807) is 16.0 Å². The van der Waals surface area contributed by atoms with Gasteiger partial charge in [-0.2, -0.15) is 0 Å². The SMILES string of the molecule is CCCN(CC)C(=O)OC(C)(C)C.CN/C(=C\N(C)S)C12CCC(C3=CC=C(C)CCC3)(CC1)CC2. The predicted molar refractivity (Wildman–Crippen MR) is 156 cm³/mol. The second kappa shape index (κ2) is 13.3. The number of allylic oxidation sites excluding steroid dienone is 5. The molecule has 6 heteroatoms. The second-order valence-corrected chi connectivity index (χ2v) is 12.7. The maximum atomic E-state index is 11.5. The molecule has 0 spiro atoms. The van der Waals surface area contributed by atoms with E-state index in [-0.39, 0.29) is 6.09 Å². The zero-order valence-corrected chi connectivity index (χ0v) is 25.3. The van der Waals surface area contributed by atoms with E-state index in [2.05, 4.69) is 50.5 Å². The molecule has 0 aromatic heterocycles. The monoisotopic (exact) mass is 519 g/mol. The van der Waals surface area contributed by atoms with E-state index in [4.69, 9.17) is 4.74 Å². The van der Waals surface area contributed by atoms with Gasteiger partial charge in [0.15, 0.2) is 0 Å². The first kappa shape index (κ1) is 30.7. The van der Waals surface area contributed by atoms with Crippen LogP contribution in [0, 0.1) is 10.8 Å². The van der Waals surface area contributed by atoms with Crippen molar-refractivity contribution < 1.29 is 9.53 Å². The number of hydrogen-bond acceptors (Lipinski definition) is 5. The van der Waals surface area contributed by atoms with Crippen LogP contribution in [0.1, 0.15) is 106 Å². The van der Waals surface area contributed by atoms with E-state index in [1.807, 2.05) is 46.0 Å². The number of thiol groups is 1. The second-order valence-electron chi connectivity index (χ2n) is 12.0. The molecule has 0 aliphatic heterocycles. The average Bonchev–Trinajstić information content (AvgIpc) is 3.06. The average molecular weight is 520 g/mol. The Morgan fingerprint density at radius 2 is 1.72 bits per heavy atom. The first-order valence-electron chi connectivity index (χ1n) is 14.1. The van der Waals surface area contributed by atoms with Crippen molar-refractivity contribution in [3.8, 4) is 0 Å². The molecule has 4 aliphatic carbocycles. The lowest BCUT2D eigenvalue weighted by Gasteiger charge is -2.55. The molecule has 36 heavy (non-hydrogen) atoms. The van der Waals surface area contributed by atoms with Crippen molar-refractivity contribution in [3.05, 3.63) is 35.2 Å². The van der Waals surface area contributed by atoms with Gasteiger partial charge in [-0.05, 0) is 104 Å². The van der Waals surface area contributed by atoms with Gasteiger partial charge in [0.05, 0.1) is 0 Å².